The molecule has 1 aliphatic rings. The summed E-state index contributed by atoms with van der Waals surface area (Å²) in [6.07, 6.45) is 5.39. The highest BCUT2D eigenvalue weighted by Gasteiger charge is 2.21. The first kappa shape index (κ1) is 12.5. The molecule has 1 heterocycles. The Morgan fingerprint density at radius 3 is 2.79 bits per heavy atom. The molecule has 0 bridgehead atoms. The molecule has 1 aliphatic heterocycles. The van der Waals surface area contributed by atoms with E-state index in [0.717, 1.165) is 11.4 Å². The lowest BCUT2D eigenvalue weighted by Gasteiger charge is -2.25. The number of unbranched alkanes of at least 4 members (excludes halogenated alkanes) is 1. The van der Waals surface area contributed by atoms with Gasteiger partial charge in [-0.1, -0.05) is 15.9 Å². The topological polar surface area (TPSA) is 6.48 Å². The van der Waals surface area contributed by atoms with Crippen LogP contribution >= 0.6 is 15.9 Å². The molecule has 1 rings (SSSR count). The van der Waals surface area contributed by atoms with E-state index in [9.17, 15) is 0 Å². The molecule has 3 heteroatoms. The van der Waals surface area contributed by atoms with E-state index in [4.69, 9.17) is 0 Å². The third-order valence-corrected chi connectivity index (χ3v) is 3.68. The van der Waals surface area contributed by atoms with E-state index in [0.29, 0.717) is 0 Å². The van der Waals surface area contributed by atoms with Crippen LogP contribution in [0.15, 0.2) is 0 Å². The Hall–Kier alpha value is 0.400. The van der Waals surface area contributed by atoms with Crippen LogP contribution in [0.5, 0.6) is 0 Å². The minimum Gasteiger partial charge on any atom is -0.305 e. The molecule has 0 N–H and O–H groups in total. The van der Waals surface area contributed by atoms with Crippen molar-refractivity contribution in [2.75, 3.05) is 39.1 Å². The summed E-state index contributed by atoms with van der Waals surface area (Å²) in [6.45, 7) is 3.79. The fourth-order valence-electron chi connectivity index (χ4n) is 2.14. The summed E-state index contributed by atoms with van der Waals surface area (Å²) in [4.78, 5) is 4.98. The fraction of sp³-hybridized carbons (Fsp3) is 1.00. The molecule has 14 heavy (non-hydrogen) atoms. The first-order chi connectivity index (χ1) is 6.74. The lowest BCUT2D eigenvalue weighted by molar-refractivity contribution is 0.218. The molecule has 84 valence electrons. The second-order valence-electron chi connectivity index (χ2n) is 4.43. The molecular weight excluding hydrogens is 240 g/mol. The van der Waals surface area contributed by atoms with Gasteiger partial charge < -0.3 is 9.80 Å². The van der Waals surface area contributed by atoms with Crippen LogP contribution in [-0.2, 0) is 0 Å². The van der Waals surface area contributed by atoms with Crippen molar-refractivity contribution in [2.45, 2.75) is 31.7 Å². The van der Waals surface area contributed by atoms with Crippen LogP contribution in [0.2, 0.25) is 0 Å². The summed E-state index contributed by atoms with van der Waals surface area (Å²) >= 11 is 3.47. The van der Waals surface area contributed by atoms with Crippen molar-refractivity contribution in [1.29, 1.82) is 0 Å². The van der Waals surface area contributed by atoms with E-state index >= 15 is 0 Å². The van der Waals surface area contributed by atoms with Gasteiger partial charge in [0, 0.05) is 17.9 Å². The number of rotatable bonds is 6. The van der Waals surface area contributed by atoms with E-state index in [-0.39, 0.29) is 0 Å². The highest BCUT2D eigenvalue weighted by Crippen LogP contribution is 2.15. The molecule has 1 atom stereocenters. The van der Waals surface area contributed by atoms with Crippen LogP contribution in [0.25, 0.3) is 0 Å². The summed E-state index contributed by atoms with van der Waals surface area (Å²) in [5.41, 5.74) is 0. The van der Waals surface area contributed by atoms with Gasteiger partial charge >= 0.3 is 0 Å². The standard InChI is InChI=1S/C11H23BrN2/c1-13(8-4-3-7-12)10-11-6-5-9-14(11)2/h11H,3-10H2,1-2H3. The van der Waals surface area contributed by atoms with Crippen molar-refractivity contribution in [2.24, 2.45) is 0 Å². The third-order valence-electron chi connectivity index (χ3n) is 3.12. The number of hydrogen-bond acceptors (Lipinski definition) is 2. The predicted molar refractivity (Wildman–Crippen MR) is 66.2 cm³/mol. The number of halogens is 1. The lowest BCUT2D eigenvalue weighted by Crippen LogP contribution is -2.37. The maximum atomic E-state index is 3.47. The summed E-state index contributed by atoms with van der Waals surface area (Å²) in [7, 11) is 4.50. The maximum Gasteiger partial charge on any atom is 0.0220 e. The van der Waals surface area contributed by atoms with Gasteiger partial charge in [-0.25, -0.2) is 0 Å². The SMILES string of the molecule is CN(CCCCBr)CC1CCCN1C. The Labute approximate surface area is 96.8 Å². The van der Waals surface area contributed by atoms with Crippen LogP contribution in [-0.4, -0.2) is 54.9 Å². The first-order valence-electron chi connectivity index (χ1n) is 5.69. The van der Waals surface area contributed by atoms with Gasteiger partial charge in [-0.15, -0.1) is 0 Å². The molecule has 1 saturated heterocycles. The average Bonchev–Trinajstić information content (AvgIpc) is 2.52. The molecule has 0 saturated carbocycles. The van der Waals surface area contributed by atoms with Crippen molar-refractivity contribution < 1.29 is 0 Å². The second-order valence-corrected chi connectivity index (χ2v) is 5.23. The van der Waals surface area contributed by atoms with E-state index in [2.05, 4.69) is 39.8 Å². The van der Waals surface area contributed by atoms with Gasteiger partial charge in [-0.2, -0.15) is 0 Å². The quantitative estimate of drug-likeness (QED) is 0.535. The summed E-state index contributed by atoms with van der Waals surface area (Å²) < 4.78 is 0. The Bertz CT molecular complexity index is 152. The van der Waals surface area contributed by atoms with Gasteiger partial charge in [0.15, 0.2) is 0 Å². The summed E-state index contributed by atoms with van der Waals surface area (Å²) in [5.74, 6) is 0. The molecule has 1 fully saturated rings. The molecule has 1 unspecified atom stereocenters. The van der Waals surface area contributed by atoms with Crippen molar-refractivity contribution in [1.82, 2.24) is 9.80 Å². The number of likely N-dealkylation sites (N-methyl/N-ethyl adjacent to an activating group) is 2. The van der Waals surface area contributed by atoms with Crippen molar-refractivity contribution >= 4 is 15.9 Å². The van der Waals surface area contributed by atoms with Crippen LogP contribution < -0.4 is 0 Å². The van der Waals surface area contributed by atoms with Gasteiger partial charge in [-0.3, -0.25) is 0 Å². The van der Waals surface area contributed by atoms with Crippen molar-refractivity contribution in [3.8, 4) is 0 Å². The van der Waals surface area contributed by atoms with Gasteiger partial charge in [0.2, 0.25) is 0 Å². The van der Waals surface area contributed by atoms with Gasteiger partial charge in [0.25, 0.3) is 0 Å². The minimum absolute atomic E-state index is 0.809. The van der Waals surface area contributed by atoms with E-state index in [1.165, 1.54) is 45.3 Å². The van der Waals surface area contributed by atoms with Crippen LogP contribution in [0.3, 0.4) is 0 Å². The van der Waals surface area contributed by atoms with Crippen molar-refractivity contribution in [3.05, 3.63) is 0 Å². The third kappa shape index (κ3) is 4.28. The van der Waals surface area contributed by atoms with Crippen LogP contribution in [0, 0.1) is 0 Å². The van der Waals surface area contributed by atoms with Crippen LogP contribution in [0.4, 0.5) is 0 Å². The zero-order chi connectivity index (χ0) is 10.4. The van der Waals surface area contributed by atoms with Gasteiger partial charge in [0.05, 0.1) is 0 Å². The molecule has 0 aromatic rings. The Kier molecular flexibility index (Phi) is 6.06. The smallest absolute Gasteiger partial charge is 0.0220 e. The fourth-order valence-corrected chi connectivity index (χ4v) is 2.53. The highest BCUT2D eigenvalue weighted by atomic mass is 79.9. The second kappa shape index (κ2) is 6.81. The summed E-state index contributed by atoms with van der Waals surface area (Å²) in [6, 6.07) is 0.809. The molecule has 0 radical (unpaired) electrons. The predicted octanol–water partition coefficient (Wildman–Crippen LogP) is 2.19. The Morgan fingerprint density at radius 2 is 2.21 bits per heavy atom. The zero-order valence-corrected chi connectivity index (χ0v) is 11.1. The summed E-state index contributed by atoms with van der Waals surface area (Å²) in [5, 5.41) is 1.14. The maximum absolute atomic E-state index is 3.47. The van der Waals surface area contributed by atoms with E-state index < -0.39 is 0 Å². The average molecular weight is 263 g/mol. The van der Waals surface area contributed by atoms with Gasteiger partial charge in [-0.05, 0) is 52.9 Å². The van der Waals surface area contributed by atoms with E-state index in [1.807, 2.05) is 0 Å². The number of likely N-dealkylation sites (tertiary alicyclic amines) is 1. The van der Waals surface area contributed by atoms with E-state index in [1.54, 1.807) is 0 Å². The van der Waals surface area contributed by atoms with Crippen molar-refractivity contribution in [3.63, 3.8) is 0 Å². The Morgan fingerprint density at radius 1 is 1.43 bits per heavy atom. The molecule has 0 aromatic heterocycles. The molecule has 0 aliphatic carbocycles. The number of alkyl halides is 1. The lowest BCUT2D eigenvalue weighted by atomic mass is 10.2. The number of nitrogens with zero attached hydrogens (tertiary/aromatic N) is 2. The molecule has 0 spiro atoms. The van der Waals surface area contributed by atoms with Crippen LogP contribution in [0.1, 0.15) is 25.7 Å². The van der Waals surface area contributed by atoms with Gasteiger partial charge in [0.1, 0.15) is 0 Å². The minimum atomic E-state index is 0.809. The first-order valence-corrected chi connectivity index (χ1v) is 6.81. The molecular formula is C11H23BrN2. The normalized spacial score (nSPS) is 23.6. The molecule has 2 nitrogen and oxygen atoms in total. The zero-order valence-electron chi connectivity index (χ0n) is 9.51. The molecule has 0 amide bonds. The Balaban J connectivity index is 2.09. The number of hydrogen-bond donors (Lipinski definition) is 0. The highest BCUT2D eigenvalue weighted by molar-refractivity contribution is 9.09. The molecule has 0 aromatic carbocycles. The largest absolute Gasteiger partial charge is 0.305 e. The monoisotopic (exact) mass is 262 g/mol.